The van der Waals surface area contributed by atoms with Gasteiger partial charge in [-0.15, -0.1) is 0 Å². The highest BCUT2D eigenvalue weighted by atomic mass is 16.6. The Morgan fingerprint density at radius 3 is 2.04 bits per heavy atom. The van der Waals surface area contributed by atoms with Gasteiger partial charge in [0.1, 0.15) is 24.4 Å². The first-order valence-electron chi connectivity index (χ1n) is 23.8. The molecule has 1 saturated heterocycles. The monoisotopic (exact) mass is 950 g/mol. The smallest absolute Gasteiger partial charge is 0.338 e. The van der Waals surface area contributed by atoms with Crippen LogP contribution in [-0.2, 0) is 33.2 Å². The largest absolute Gasteiger partial charge is 0.462 e. The highest BCUT2D eigenvalue weighted by Gasteiger charge is 2.49. The number of esters is 3. The Labute approximate surface area is 400 Å². The Hall–Kier alpha value is -6.47. The van der Waals surface area contributed by atoms with Crippen LogP contribution in [0.15, 0.2) is 102 Å². The number of carbonyl (C=O) groups is 4. The van der Waals surface area contributed by atoms with E-state index in [4.69, 9.17) is 34.2 Å². The molecular formula is C51H62N6O12. The number of nitrogen functional groups attached to an aromatic ring is 1. The number of H-pyrrole nitrogens is 1. The van der Waals surface area contributed by atoms with Crippen LogP contribution >= 0.6 is 0 Å². The molecule has 18 nitrogen and oxygen atoms in total. The average Bonchev–Trinajstić information content (AvgIpc) is 3.93. The SMILES string of the molecule is CC[C@H]1O[C@@H](n2cnc3c(=O)[nH]c(N)nc32)[C@@H](OCCCCCCNC(=O)CCCCO[C@@H]2C[C@H](COC(=O)c3ccccc3)[C@H](OC(=O)c3ccccc3)[C@H](OC(=O)c3ccccc3)[C@H]2C)C1O. The maximum atomic E-state index is 13.5. The first kappa shape index (κ1) is 50.4. The molecule has 69 heavy (non-hydrogen) atoms. The number of unbranched alkanes of at least 4 members (excludes halogenated alkanes) is 4. The fourth-order valence-electron chi connectivity index (χ4n) is 8.85. The van der Waals surface area contributed by atoms with Crippen LogP contribution in [0.3, 0.4) is 0 Å². The van der Waals surface area contributed by atoms with Gasteiger partial charge in [-0.2, -0.15) is 4.98 Å². The van der Waals surface area contributed by atoms with Crippen LogP contribution in [0.4, 0.5) is 5.95 Å². The van der Waals surface area contributed by atoms with Crippen molar-refractivity contribution < 1.29 is 52.7 Å². The molecule has 0 bridgehead atoms. The van der Waals surface area contributed by atoms with Crippen molar-refractivity contribution in [2.45, 2.75) is 114 Å². The van der Waals surface area contributed by atoms with Crippen molar-refractivity contribution >= 4 is 40.9 Å². The van der Waals surface area contributed by atoms with E-state index in [-0.39, 0.29) is 29.6 Å². The summed E-state index contributed by atoms with van der Waals surface area (Å²) < 4.78 is 38.4. The van der Waals surface area contributed by atoms with Crippen molar-refractivity contribution in [3.8, 4) is 0 Å². The number of fused-ring (bicyclic) bond motifs is 1. The summed E-state index contributed by atoms with van der Waals surface area (Å²) in [5.74, 6) is -2.85. The highest BCUT2D eigenvalue weighted by molar-refractivity contribution is 5.91. The third-order valence-corrected chi connectivity index (χ3v) is 12.6. The molecule has 1 amide bonds. The van der Waals surface area contributed by atoms with E-state index in [9.17, 15) is 29.1 Å². The predicted octanol–water partition coefficient (Wildman–Crippen LogP) is 5.95. The quantitative estimate of drug-likeness (QED) is 0.0336. The van der Waals surface area contributed by atoms with Crippen LogP contribution < -0.4 is 16.6 Å². The summed E-state index contributed by atoms with van der Waals surface area (Å²) in [6.45, 7) is 4.91. The summed E-state index contributed by atoms with van der Waals surface area (Å²) in [6, 6.07) is 25.7. The number of nitrogens with two attached hydrogens (primary N) is 1. The van der Waals surface area contributed by atoms with Crippen LogP contribution in [0, 0.1) is 11.8 Å². The minimum absolute atomic E-state index is 0.0526. The minimum atomic E-state index is -0.966. The van der Waals surface area contributed by atoms with Crippen LogP contribution in [-0.4, -0.2) is 111 Å². The molecule has 7 rings (SSSR count). The molecule has 18 heteroatoms. The molecule has 2 aliphatic rings. The number of benzene rings is 3. The first-order valence-corrected chi connectivity index (χ1v) is 23.8. The topological polar surface area (TPSA) is 246 Å². The molecule has 5 aromatic rings. The van der Waals surface area contributed by atoms with Gasteiger partial charge in [0, 0.05) is 38.0 Å². The molecule has 2 fully saturated rings. The third kappa shape index (κ3) is 13.2. The van der Waals surface area contributed by atoms with Crippen molar-refractivity contribution in [2.24, 2.45) is 11.8 Å². The Morgan fingerprint density at radius 1 is 0.797 bits per heavy atom. The zero-order valence-electron chi connectivity index (χ0n) is 39.0. The maximum absolute atomic E-state index is 13.5. The Bertz CT molecular complexity index is 2510. The summed E-state index contributed by atoms with van der Waals surface area (Å²) in [5.41, 5.74) is 6.71. The maximum Gasteiger partial charge on any atom is 0.338 e. The standard InChI is InChI=1S/C51H62N6O12/c1-3-37-41(59)44(47(67-37)57-31-54-40-45(57)55-51(52)56-46(40)60)65-28-17-5-4-16-26-53-39(58)25-15-18-27-64-38-29-36(30-66-48(61)33-19-9-6-10-20-33)43(69-50(63)35-23-13-8-14-24-35)42(32(38)2)68-49(62)34-21-11-7-12-22-34/h6-14,19-24,31-32,36-38,41-44,47,59H,3-5,15-18,25-30H2,1-2H3,(H,53,58)(H3,52,55,56,60)/t32-,36+,37+,38+,41?,42+,43-,44-,47+/m0/s1. The van der Waals surface area contributed by atoms with Crippen molar-refractivity contribution in [1.82, 2.24) is 24.8 Å². The predicted molar refractivity (Wildman–Crippen MR) is 253 cm³/mol. The van der Waals surface area contributed by atoms with E-state index in [1.807, 2.05) is 13.8 Å². The van der Waals surface area contributed by atoms with E-state index >= 15 is 0 Å². The number of aliphatic hydroxyl groups is 1. The summed E-state index contributed by atoms with van der Waals surface area (Å²) in [4.78, 5) is 76.1. The molecule has 0 radical (unpaired) electrons. The third-order valence-electron chi connectivity index (χ3n) is 12.6. The fraction of sp³-hybridized carbons (Fsp3) is 0.471. The zero-order chi connectivity index (χ0) is 48.7. The molecule has 368 valence electrons. The van der Waals surface area contributed by atoms with Gasteiger partial charge in [-0.1, -0.05) is 81.3 Å². The van der Waals surface area contributed by atoms with E-state index in [2.05, 4.69) is 20.3 Å². The number of carbonyl (C=O) groups excluding carboxylic acids is 4. The fourth-order valence-corrected chi connectivity index (χ4v) is 8.85. The molecule has 0 spiro atoms. The number of anilines is 1. The van der Waals surface area contributed by atoms with E-state index in [1.54, 1.807) is 95.6 Å². The second kappa shape index (κ2) is 24.7. The van der Waals surface area contributed by atoms with Gasteiger partial charge in [0.05, 0.1) is 41.8 Å². The second-order valence-corrected chi connectivity index (χ2v) is 17.5. The molecule has 2 aromatic heterocycles. The van der Waals surface area contributed by atoms with Gasteiger partial charge < -0.3 is 44.6 Å². The Morgan fingerprint density at radius 2 is 1.39 bits per heavy atom. The van der Waals surface area contributed by atoms with E-state index in [0.29, 0.717) is 68.6 Å². The van der Waals surface area contributed by atoms with Gasteiger partial charge >= 0.3 is 17.9 Å². The molecule has 1 saturated carbocycles. The lowest BCUT2D eigenvalue weighted by atomic mass is 9.76. The van der Waals surface area contributed by atoms with Gasteiger partial charge in [0.2, 0.25) is 11.9 Å². The van der Waals surface area contributed by atoms with Crippen molar-refractivity contribution in [2.75, 3.05) is 32.1 Å². The summed E-state index contributed by atoms with van der Waals surface area (Å²) in [7, 11) is 0. The number of aromatic amines is 1. The Kier molecular flexibility index (Phi) is 18.0. The second-order valence-electron chi connectivity index (χ2n) is 17.5. The van der Waals surface area contributed by atoms with Crippen molar-refractivity contribution in [3.05, 3.63) is 124 Å². The molecule has 1 unspecified atom stereocenters. The van der Waals surface area contributed by atoms with Crippen molar-refractivity contribution in [3.63, 3.8) is 0 Å². The number of aromatic nitrogens is 4. The lowest BCUT2D eigenvalue weighted by molar-refractivity contribution is -0.150. The minimum Gasteiger partial charge on any atom is -0.462 e. The summed E-state index contributed by atoms with van der Waals surface area (Å²) in [6.07, 6.45) is 1.88. The van der Waals surface area contributed by atoms with Gasteiger partial charge in [0.15, 0.2) is 17.4 Å². The first-order chi connectivity index (χ1) is 33.5. The Balaban J connectivity index is 0.858. The number of imidazole rings is 1. The lowest BCUT2D eigenvalue weighted by Gasteiger charge is -2.44. The van der Waals surface area contributed by atoms with Gasteiger partial charge in [0.25, 0.3) is 5.56 Å². The van der Waals surface area contributed by atoms with Crippen LogP contribution in [0.2, 0.25) is 0 Å². The lowest BCUT2D eigenvalue weighted by Crippen LogP contribution is -2.54. The molecule has 1 aliphatic carbocycles. The number of hydrogen-bond donors (Lipinski definition) is 4. The average molecular weight is 951 g/mol. The van der Waals surface area contributed by atoms with E-state index in [1.165, 1.54) is 6.33 Å². The number of nitrogens with zero attached hydrogens (tertiary/aromatic N) is 3. The van der Waals surface area contributed by atoms with E-state index in [0.717, 1.165) is 25.7 Å². The number of rotatable bonds is 23. The highest BCUT2D eigenvalue weighted by Crippen LogP contribution is 2.38. The number of amides is 1. The van der Waals surface area contributed by atoms with Gasteiger partial charge in [-0.05, 0) is 74.9 Å². The molecule has 3 heterocycles. The van der Waals surface area contributed by atoms with E-state index < -0.39 is 78.2 Å². The summed E-state index contributed by atoms with van der Waals surface area (Å²) >= 11 is 0. The van der Waals surface area contributed by atoms with Crippen LogP contribution in [0.5, 0.6) is 0 Å². The molecular weight excluding hydrogens is 889 g/mol. The normalized spacial score (nSPS) is 23.3. The number of aliphatic hydroxyl groups excluding tert-OH is 1. The molecule has 9 atom stereocenters. The zero-order valence-corrected chi connectivity index (χ0v) is 39.0. The number of ether oxygens (including phenoxy) is 6. The molecule has 1 aliphatic heterocycles. The van der Waals surface area contributed by atoms with Crippen LogP contribution in [0.25, 0.3) is 11.2 Å². The van der Waals surface area contributed by atoms with Gasteiger partial charge in [-0.3, -0.25) is 19.1 Å². The molecule has 3 aromatic carbocycles. The number of hydrogen-bond acceptors (Lipinski definition) is 15. The summed E-state index contributed by atoms with van der Waals surface area (Å²) in [5, 5.41) is 14.0. The van der Waals surface area contributed by atoms with Gasteiger partial charge in [-0.25, -0.2) is 19.4 Å². The molecule has 5 N–H and O–H groups in total. The number of nitrogens with one attached hydrogen (secondary N) is 2. The van der Waals surface area contributed by atoms with Crippen LogP contribution in [0.1, 0.15) is 109 Å². The van der Waals surface area contributed by atoms with Crippen molar-refractivity contribution in [1.29, 1.82) is 0 Å².